The summed E-state index contributed by atoms with van der Waals surface area (Å²) < 4.78 is 0. The highest BCUT2D eigenvalue weighted by atomic mass is 14.8. The number of nitrogen functional groups attached to an aromatic ring is 1. The number of rotatable bonds is 2. The van der Waals surface area contributed by atoms with E-state index >= 15 is 0 Å². The number of aryl methyl sites for hydroxylation is 2. The normalized spacial score (nSPS) is 12.4. The summed E-state index contributed by atoms with van der Waals surface area (Å²) in [5, 5.41) is 0. The summed E-state index contributed by atoms with van der Waals surface area (Å²) in [7, 11) is 0. The molecule has 4 heteroatoms. The third-order valence-corrected chi connectivity index (χ3v) is 2.95. The van der Waals surface area contributed by atoms with E-state index in [9.17, 15) is 0 Å². The molecule has 2 rings (SSSR count). The van der Waals surface area contributed by atoms with Crippen molar-refractivity contribution in [2.24, 2.45) is 5.73 Å². The molecule has 0 aliphatic heterocycles. The Morgan fingerprint density at radius 2 is 1.88 bits per heavy atom. The molecule has 88 valence electrons. The van der Waals surface area contributed by atoms with Crippen molar-refractivity contribution in [2.45, 2.75) is 19.9 Å². The zero-order valence-electron chi connectivity index (χ0n) is 10.0. The van der Waals surface area contributed by atoms with Gasteiger partial charge < -0.3 is 11.5 Å². The topological polar surface area (TPSA) is 77.8 Å². The summed E-state index contributed by atoms with van der Waals surface area (Å²) in [6.07, 6.45) is 5.24. The molecule has 0 spiro atoms. The van der Waals surface area contributed by atoms with Crippen molar-refractivity contribution in [3.05, 3.63) is 53.0 Å². The number of pyridine rings is 2. The van der Waals surface area contributed by atoms with E-state index in [0.717, 1.165) is 22.3 Å². The predicted octanol–water partition coefficient (Wildman–Crippen LogP) is 1.72. The molecule has 0 saturated heterocycles. The summed E-state index contributed by atoms with van der Waals surface area (Å²) in [5.41, 5.74) is 16.2. The number of hydrogen-bond acceptors (Lipinski definition) is 4. The SMILES string of the molecule is Cc1cnccc1C(N)c1c(C)ccnc1N. The van der Waals surface area contributed by atoms with Crippen molar-refractivity contribution >= 4 is 5.82 Å². The van der Waals surface area contributed by atoms with Crippen LogP contribution in [0.5, 0.6) is 0 Å². The molecule has 0 aromatic carbocycles. The number of nitrogens with two attached hydrogens (primary N) is 2. The molecule has 17 heavy (non-hydrogen) atoms. The van der Waals surface area contributed by atoms with Crippen LogP contribution < -0.4 is 11.5 Å². The van der Waals surface area contributed by atoms with Crippen LogP contribution in [0.4, 0.5) is 5.82 Å². The molecular weight excluding hydrogens is 212 g/mol. The molecule has 0 radical (unpaired) electrons. The maximum absolute atomic E-state index is 6.27. The molecule has 2 heterocycles. The van der Waals surface area contributed by atoms with E-state index in [1.165, 1.54) is 0 Å². The van der Waals surface area contributed by atoms with Crippen molar-refractivity contribution in [3.63, 3.8) is 0 Å². The fourth-order valence-electron chi connectivity index (χ4n) is 1.98. The highest BCUT2D eigenvalue weighted by molar-refractivity contribution is 5.50. The van der Waals surface area contributed by atoms with Crippen molar-refractivity contribution in [1.82, 2.24) is 9.97 Å². The first-order valence-corrected chi connectivity index (χ1v) is 5.48. The molecule has 1 atom stereocenters. The lowest BCUT2D eigenvalue weighted by atomic mass is 9.95. The largest absolute Gasteiger partial charge is 0.383 e. The van der Waals surface area contributed by atoms with E-state index in [4.69, 9.17) is 11.5 Å². The second-order valence-corrected chi connectivity index (χ2v) is 4.14. The first-order valence-electron chi connectivity index (χ1n) is 5.48. The van der Waals surface area contributed by atoms with Crippen LogP contribution in [-0.4, -0.2) is 9.97 Å². The second-order valence-electron chi connectivity index (χ2n) is 4.14. The van der Waals surface area contributed by atoms with Gasteiger partial charge in [0.25, 0.3) is 0 Å². The van der Waals surface area contributed by atoms with E-state index in [1.54, 1.807) is 18.6 Å². The van der Waals surface area contributed by atoms with E-state index < -0.39 is 0 Å². The van der Waals surface area contributed by atoms with Gasteiger partial charge in [0.05, 0.1) is 6.04 Å². The lowest BCUT2D eigenvalue weighted by Crippen LogP contribution is -2.17. The minimum absolute atomic E-state index is 0.258. The first kappa shape index (κ1) is 11.5. The Bertz CT molecular complexity index is 516. The Labute approximate surface area is 101 Å². The Balaban J connectivity index is 2.51. The number of hydrogen-bond donors (Lipinski definition) is 2. The van der Waals surface area contributed by atoms with Gasteiger partial charge in [0.1, 0.15) is 5.82 Å². The standard InChI is InChI=1S/C13H16N4/c1-8-3-6-17-13(15)11(8)12(14)10-4-5-16-7-9(10)2/h3-7,12H,14H2,1-2H3,(H2,15,17). The number of anilines is 1. The quantitative estimate of drug-likeness (QED) is 0.820. The molecule has 1 unspecified atom stereocenters. The highest BCUT2D eigenvalue weighted by Gasteiger charge is 2.16. The number of nitrogens with zero attached hydrogens (tertiary/aromatic N) is 2. The summed E-state index contributed by atoms with van der Waals surface area (Å²) in [6.45, 7) is 3.98. The minimum atomic E-state index is -0.258. The molecular formula is C13H16N4. The van der Waals surface area contributed by atoms with Crippen LogP contribution in [0.3, 0.4) is 0 Å². The van der Waals surface area contributed by atoms with Crippen LogP contribution in [0.25, 0.3) is 0 Å². The van der Waals surface area contributed by atoms with Gasteiger partial charge in [0.2, 0.25) is 0 Å². The van der Waals surface area contributed by atoms with E-state index in [-0.39, 0.29) is 6.04 Å². The third-order valence-electron chi connectivity index (χ3n) is 2.95. The predicted molar refractivity (Wildman–Crippen MR) is 68.4 cm³/mol. The average Bonchev–Trinajstić information content (AvgIpc) is 2.29. The minimum Gasteiger partial charge on any atom is -0.383 e. The molecule has 0 amide bonds. The van der Waals surface area contributed by atoms with Crippen LogP contribution in [0.15, 0.2) is 30.7 Å². The van der Waals surface area contributed by atoms with Gasteiger partial charge in [-0.2, -0.15) is 0 Å². The van der Waals surface area contributed by atoms with Gasteiger partial charge in [-0.1, -0.05) is 0 Å². The fourth-order valence-corrected chi connectivity index (χ4v) is 1.98. The molecule has 4 N–H and O–H groups in total. The van der Waals surface area contributed by atoms with Crippen LogP contribution >= 0.6 is 0 Å². The fraction of sp³-hybridized carbons (Fsp3) is 0.231. The molecule has 0 fully saturated rings. The Morgan fingerprint density at radius 1 is 1.12 bits per heavy atom. The molecule has 2 aromatic rings. The summed E-state index contributed by atoms with van der Waals surface area (Å²) >= 11 is 0. The average molecular weight is 228 g/mol. The smallest absolute Gasteiger partial charge is 0.128 e. The summed E-state index contributed by atoms with van der Waals surface area (Å²) in [4.78, 5) is 8.16. The molecule has 0 aliphatic carbocycles. The van der Waals surface area contributed by atoms with E-state index in [0.29, 0.717) is 5.82 Å². The van der Waals surface area contributed by atoms with Crippen LogP contribution in [0.1, 0.15) is 28.3 Å². The molecule has 2 aromatic heterocycles. The Morgan fingerprint density at radius 3 is 2.53 bits per heavy atom. The van der Waals surface area contributed by atoms with Crippen molar-refractivity contribution in [3.8, 4) is 0 Å². The van der Waals surface area contributed by atoms with E-state index in [1.807, 2.05) is 26.0 Å². The van der Waals surface area contributed by atoms with Gasteiger partial charge in [0, 0.05) is 24.2 Å². The molecule has 0 aliphatic rings. The van der Waals surface area contributed by atoms with Crippen LogP contribution in [0.2, 0.25) is 0 Å². The van der Waals surface area contributed by atoms with Gasteiger partial charge in [-0.05, 0) is 42.7 Å². The third kappa shape index (κ3) is 2.12. The van der Waals surface area contributed by atoms with Crippen molar-refractivity contribution in [2.75, 3.05) is 5.73 Å². The van der Waals surface area contributed by atoms with Gasteiger partial charge in [-0.3, -0.25) is 4.98 Å². The zero-order chi connectivity index (χ0) is 12.4. The summed E-state index contributed by atoms with van der Waals surface area (Å²) in [6, 6.07) is 3.58. The van der Waals surface area contributed by atoms with Crippen molar-refractivity contribution in [1.29, 1.82) is 0 Å². The van der Waals surface area contributed by atoms with Gasteiger partial charge >= 0.3 is 0 Å². The monoisotopic (exact) mass is 228 g/mol. The Hall–Kier alpha value is -1.94. The highest BCUT2D eigenvalue weighted by Crippen LogP contribution is 2.27. The maximum atomic E-state index is 6.27. The second kappa shape index (κ2) is 4.51. The van der Waals surface area contributed by atoms with Gasteiger partial charge in [-0.25, -0.2) is 4.98 Å². The molecule has 0 bridgehead atoms. The first-order chi connectivity index (χ1) is 8.11. The maximum Gasteiger partial charge on any atom is 0.128 e. The van der Waals surface area contributed by atoms with Gasteiger partial charge in [0.15, 0.2) is 0 Å². The van der Waals surface area contributed by atoms with E-state index in [2.05, 4.69) is 9.97 Å². The van der Waals surface area contributed by atoms with Crippen molar-refractivity contribution < 1.29 is 0 Å². The van der Waals surface area contributed by atoms with Crippen LogP contribution in [0, 0.1) is 13.8 Å². The van der Waals surface area contributed by atoms with Gasteiger partial charge in [-0.15, -0.1) is 0 Å². The zero-order valence-corrected chi connectivity index (χ0v) is 10.0. The molecule has 0 saturated carbocycles. The lowest BCUT2D eigenvalue weighted by Gasteiger charge is -2.18. The molecule has 4 nitrogen and oxygen atoms in total. The number of aromatic nitrogens is 2. The van der Waals surface area contributed by atoms with Crippen LogP contribution in [-0.2, 0) is 0 Å². The lowest BCUT2D eigenvalue weighted by molar-refractivity contribution is 0.844. The summed E-state index contributed by atoms with van der Waals surface area (Å²) in [5.74, 6) is 0.494. The Kier molecular flexibility index (Phi) is 3.06.